The number of nitrogens with zero attached hydrogens (tertiary/aromatic N) is 3. The number of anilines is 1. The van der Waals surface area contributed by atoms with Gasteiger partial charge in [-0.05, 0) is 31.0 Å². The van der Waals surface area contributed by atoms with E-state index in [0.29, 0.717) is 23.4 Å². The molecule has 7 nitrogen and oxygen atoms in total. The molecule has 1 aliphatic heterocycles. The van der Waals surface area contributed by atoms with Gasteiger partial charge in [-0.15, -0.1) is 0 Å². The Bertz CT molecular complexity index is 935. The summed E-state index contributed by atoms with van der Waals surface area (Å²) < 4.78 is 13.3. The van der Waals surface area contributed by atoms with Crippen molar-refractivity contribution in [3.63, 3.8) is 0 Å². The van der Waals surface area contributed by atoms with Gasteiger partial charge in [0, 0.05) is 6.54 Å². The lowest BCUT2D eigenvalue weighted by atomic mass is 10.2. The second kappa shape index (κ2) is 5.48. The summed E-state index contributed by atoms with van der Waals surface area (Å²) in [6, 6.07) is 4.13. The van der Waals surface area contributed by atoms with E-state index in [2.05, 4.69) is 20.2 Å². The van der Waals surface area contributed by atoms with Crippen molar-refractivity contribution in [1.82, 2.24) is 25.1 Å². The molecule has 124 valence electrons. The van der Waals surface area contributed by atoms with E-state index < -0.39 is 0 Å². The van der Waals surface area contributed by atoms with E-state index in [1.165, 1.54) is 12.1 Å². The minimum Gasteiger partial charge on any atom is -0.381 e. The molecule has 1 aromatic carbocycles. The minimum atomic E-state index is -0.336. The molecule has 4 N–H and O–H groups in total. The molecule has 0 unspecified atom stereocenters. The summed E-state index contributed by atoms with van der Waals surface area (Å²) >= 11 is 6.03. The molecule has 1 aliphatic rings. The van der Waals surface area contributed by atoms with Gasteiger partial charge in [-0.25, -0.2) is 9.37 Å². The Morgan fingerprint density at radius 1 is 1.46 bits per heavy atom. The third kappa shape index (κ3) is 2.30. The van der Waals surface area contributed by atoms with Crippen LogP contribution in [0, 0.1) is 5.82 Å². The average Bonchev–Trinajstić information content (AvgIpc) is 3.26. The minimum absolute atomic E-state index is 0.0926. The van der Waals surface area contributed by atoms with E-state index in [4.69, 9.17) is 17.3 Å². The molecule has 0 spiro atoms. The molecule has 24 heavy (non-hydrogen) atoms. The molecule has 3 heterocycles. The van der Waals surface area contributed by atoms with Crippen molar-refractivity contribution in [3.8, 4) is 0 Å². The van der Waals surface area contributed by atoms with E-state index in [1.54, 1.807) is 11.0 Å². The number of likely N-dealkylation sites (tertiary alicyclic amines) is 1. The van der Waals surface area contributed by atoms with Crippen LogP contribution in [0.5, 0.6) is 0 Å². The quantitative estimate of drug-likeness (QED) is 0.662. The number of H-pyrrole nitrogens is 2. The number of aromatic nitrogens is 4. The summed E-state index contributed by atoms with van der Waals surface area (Å²) in [7, 11) is 0. The van der Waals surface area contributed by atoms with E-state index in [0.717, 1.165) is 12.8 Å². The Balaban J connectivity index is 1.68. The maximum absolute atomic E-state index is 13.3. The molecule has 0 aliphatic carbocycles. The van der Waals surface area contributed by atoms with Crippen molar-refractivity contribution in [1.29, 1.82) is 0 Å². The van der Waals surface area contributed by atoms with Crippen molar-refractivity contribution in [3.05, 3.63) is 40.6 Å². The molecular formula is C15H14ClFN6O. The van der Waals surface area contributed by atoms with Crippen LogP contribution in [0.15, 0.2) is 18.2 Å². The van der Waals surface area contributed by atoms with Gasteiger partial charge in [0.25, 0.3) is 5.91 Å². The molecule has 9 heteroatoms. The van der Waals surface area contributed by atoms with E-state index in [9.17, 15) is 9.18 Å². The number of hydrogen-bond donors (Lipinski definition) is 3. The Hall–Kier alpha value is -2.61. The van der Waals surface area contributed by atoms with Crippen molar-refractivity contribution >= 4 is 34.4 Å². The van der Waals surface area contributed by atoms with E-state index in [1.807, 2.05) is 0 Å². The van der Waals surface area contributed by atoms with Crippen molar-refractivity contribution in [2.45, 2.75) is 18.9 Å². The van der Waals surface area contributed by atoms with Gasteiger partial charge < -0.3 is 15.6 Å². The number of hydrogen-bond acceptors (Lipinski definition) is 4. The van der Waals surface area contributed by atoms with Crippen LogP contribution in [0.25, 0.3) is 11.0 Å². The van der Waals surface area contributed by atoms with Gasteiger partial charge in [0.15, 0.2) is 5.82 Å². The SMILES string of the molecule is Nc1n[nH]c(C(=O)N2CCC[C@H]2c2nc3ccc(F)cc3[nH]2)c1Cl. The van der Waals surface area contributed by atoms with Crippen molar-refractivity contribution in [2.75, 3.05) is 12.3 Å². The lowest BCUT2D eigenvalue weighted by Gasteiger charge is -2.22. The summed E-state index contributed by atoms with van der Waals surface area (Å²) in [5, 5.41) is 6.46. The number of aromatic amines is 2. The van der Waals surface area contributed by atoms with Gasteiger partial charge in [-0.2, -0.15) is 5.10 Å². The zero-order valence-electron chi connectivity index (χ0n) is 12.5. The van der Waals surface area contributed by atoms with Crippen LogP contribution in [0.2, 0.25) is 5.02 Å². The molecule has 3 aromatic rings. The van der Waals surface area contributed by atoms with Gasteiger partial charge in [-0.3, -0.25) is 9.89 Å². The second-order valence-corrected chi connectivity index (χ2v) is 6.12. The molecule has 0 bridgehead atoms. The Kier molecular flexibility index (Phi) is 3.42. The molecule has 1 fully saturated rings. The number of benzene rings is 1. The number of carbonyl (C=O) groups is 1. The number of rotatable bonds is 2. The fourth-order valence-electron chi connectivity index (χ4n) is 3.08. The van der Waals surface area contributed by atoms with Crippen LogP contribution in [0.4, 0.5) is 10.2 Å². The molecule has 0 saturated carbocycles. The monoisotopic (exact) mass is 348 g/mol. The van der Waals surface area contributed by atoms with Crippen LogP contribution in [0.3, 0.4) is 0 Å². The highest BCUT2D eigenvalue weighted by atomic mass is 35.5. The Labute approximate surface area is 141 Å². The zero-order valence-corrected chi connectivity index (χ0v) is 13.3. The number of fused-ring (bicyclic) bond motifs is 1. The smallest absolute Gasteiger partial charge is 0.274 e. The van der Waals surface area contributed by atoms with Crippen LogP contribution >= 0.6 is 11.6 Å². The van der Waals surface area contributed by atoms with Gasteiger partial charge in [0.1, 0.15) is 22.4 Å². The van der Waals surface area contributed by atoms with Crippen molar-refractivity contribution < 1.29 is 9.18 Å². The van der Waals surface area contributed by atoms with Crippen LogP contribution in [-0.4, -0.2) is 37.5 Å². The van der Waals surface area contributed by atoms with Gasteiger partial charge >= 0.3 is 0 Å². The molecule has 4 rings (SSSR count). The van der Waals surface area contributed by atoms with Gasteiger partial charge in [-0.1, -0.05) is 11.6 Å². The molecular weight excluding hydrogens is 335 g/mol. The first-order chi connectivity index (χ1) is 11.5. The maximum Gasteiger partial charge on any atom is 0.274 e. The lowest BCUT2D eigenvalue weighted by molar-refractivity contribution is 0.0724. The predicted octanol–water partition coefficient (Wildman–Crippen LogP) is 2.64. The zero-order chi connectivity index (χ0) is 16.8. The first kappa shape index (κ1) is 14.9. The van der Waals surface area contributed by atoms with E-state index >= 15 is 0 Å². The number of imidazole rings is 1. The second-order valence-electron chi connectivity index (χ2n) is 5.74. The molecule has 1 amide bonds. The molecule has 1 saturated heterocycles. The fourth-order valence-corrected chi connectivity index (χ4v) is 3.25. The standard InChI is InChI=1S/C15H14ClFN6O/c16-11-12(21-22-13(11)18)15(24)23-5-1-2-10(23)14-19-8-4-3-7(17)6-9(8)20-14/h3-4,6,10H,1-2,5H2,(H,19,20)(H3,18,21,22)/t10-/m0/s1. The number of amides is 1. The Morgan fingerprint density at radius 3 is 3.04 bits per heavy atom. The summed E-state index contributed by atoms with van der Waals surface area (Å²) in [6.45, 7) is 0.574. The summed E-state index contributed by atoms with van der Waals surface area (Å²) in [5.41, 5.74) is 7.02. The predicted molar refractivity (Wildman–Crippen MR) is 87.1 cm³/mol. The number of nitrogens with two attached hydrogens (primary N) is 1. The van der Waals surface area contributed by atoms with Crippen LogP contribution in [0.1, 0.15) is 35.2 Å². The highest BCUT2D eigenvalue weighted by molar-refractivity contribution is 6.35. The van der Waals surface area contributed by atoms with Crippen molar-refractivity contribution in [2.24, 2.45) is 0 Å². The number of nitrogen functional groups attached to an aromatic ring is 1. The normalized spacial score (nSPS) is 17.8. The first-order valence-corrected chi connectivity index (χ1v) is 7.88. The fraction of sp³-hybridized carbons (Fsp3) is 0.267. The largest absolute Gasteiger partial charge is 0.381 e. The third-order valence-electron chi connectivity index (χ3n) is 4.24. The van der Waals surface area contributed by atoms with Gasteiger partial charge in [0.05, 0.1) is 17.1 Å². The number of nitrogens with one attached hydrogen (secondary N) is 2. The maximum atomic E-state index is 13.3. The van der Waals surface area contributed by atoms with E-state index in [-0.39, 0.29) is 34.3 Å². The summed E-state index contributed by atoms with van der Waals surface area (Å²) in [6.07, 6.45) is 1.60. The summed E-state index contributed by atoms with van der Waals surface area (Å²) in [5.74, 6) is 0.107. The number of halogens is 2. The molecule has 2 aromatic heterocycles. The molecule has 1 atom stereocenters. The third-order valence-corrected chi connectivity index (χ3v) is 4.62. The highest BCUT2D eigenvalue weighted by Crippen LogP contribution is 2.34. The van der Waals surface area contributed by atoms with Gasteiger partial charge in [0.2, 0.25) is 0 Å². The average molecular weight is 349 g/mol. The van der Waals surface area contributed by atoms with Crippen LogP contribution < -0.4 is 5.73 Å². The topological polar surface area (TPSA) is 104 Å². The first-order valence-electron chi connectivity index (χ1n) is 7.50. The van der Waals surface area contributed by atoms with Crippen LogP contribution in [-0.2, 0) is 0 Å². The lowest BCUT2D eigenvalue weighted by Crippen LogP contribution is -2.31. The Morgan fingerprint density at radius 2 is 2.29 bits per heavy atom. The summed E-state index contributed by atoms with van der Waals surface area (Å²) in [4.78, 5) is 22.0. The molecule has 0 radical (unpaired) electrons. The highest BCUT2D eigenvalue weighted by Gasteiger charge is 2.34. The number of carbonyl (C=O) groups excluding carboxylic acids is 1.